The highest BCUT2D eigenvalue weighted by atomic mass is 32.2. The van der Waals surface area contributed by atoms with Crippen molar-refractivity contribution < 1.29 is 23.1 Å². The van der Waals surface area contributed by atoms with Crippen molar-refractivity contribution >= 4 is 16.3 Å². The summed E-state index contributed by atoms with van der Waals surface area (Å²) in [4.78, 5) is 13.2. The topological polar surface area (TPSA) is 123 Å². The second-order valence-corrected chi connectivity index (χ2v) is 11.3. The van der Waals surface area contributed by atoms with Gasteiger partial charge in [-0.2, -0.15) is 22.7 Å². The standard InChI is InChI=1S/C23H34N4O5S/c1-15-11-18(5-6-19(15)13-24)17-7-9-20(10-8-17)32-14-22-21(25-33(30,31)26(3)4)12-16(2)27(22)23(28)29/h5-6,11,16-17,20-22,25H,7-10,12,14H2,1-4H3,(H,28,29)/t16-,17?,20?,21+,22+/m1/s1. The molecule has 10 heteroatoms. The summed E-state index contributed by atoms with van der Waals surface area (Å²) in [5, 5.41) is 18.8. The van der Waals surface area contributed by atoms with E-state index >= 15 is 0 Å². The van der Waals surface area contributed by atoms with E-state index in [0.29, 0.717) is 17.9 Å². The van der Waals surface area contributed by atoms with Gasteiger partial charge >= 0.3 is 6.09 Å². The Labute approximate surface area is 196 Å². The van der Waals surface area contributed by atoms with Crippen molar-refractivity contribution in [2.75, 3.05) is 20.7 Å². The summed E-state index contributed by atoms with van der Waals surface area (Å²) in [6, 6.07) is 6.78. The Morgan fingerprint density at radius 3 is 2.52 bits per heavy atom. The van der Waals surface area contributed by atoms with Crippen LogP contribution < -0.4 is 4.72 Å². The Hall–Kier alpha value is -2.19. The van der Waals surface area contributed by atoms with Gasteiger partial charge in [-0.05, 0) is 69.1 Å². The maximum Gasteiger partial charge on any atom is 0.407 e. The van der Waals surface area contributed by atoms with Crippen LogP contribution in [-0.4, -0.2) is 73.8 Å². The molecule has 1 saturated carbocycles. The Morgan fingerprint density at radius 1 is 1.30 bits per heavy atom. The SMILES string of the molecule is Cc1cc(C2CCC(OC[C@H]3[C@@H](NS(=O)(=O)N(C)C)C[C@@H](C)N3C(=O)O)CC2)ccc1C#N. The maximum absolute atomic E-state index is 12.3. The van der Waals surface area contributed by atoms with Gasteiger partial charge in [0.15, 0.2) is 0 Å². The lowest BCUT2D eigenvalue weighted by atomic mass is 9.82. The highest BCUT2D eigenvalue weighted by Gasteiger charge is 2.44. The zero-order chi connectivity index (χ0) is 24.3. The summed E-state index contributed by atoms with van der Waals surface area (Å²) in [6.07, 6.45) is 2.96. The fourth-order valence-electron chi connectivity index (χ4n) is 4.97. The summed E-state index contributed by atoms with van der Waals surface area (Å²) in [7, 11) is -0.810. The first-order valence-corrected chi connectivity index (χ1v) is 12.8. The van der Waals surface area contributed by atoms with E-state index in [-0.39, 0.29) is 18.8 Å². The molecule has 2 aliphatic rings. The van der Waals surface area contributed by atoms with Crippen molar-refractivity contribution in [3.63, 3.8) is 0 Å². The Kier molecular flexibility index (Phi) is 8.00. The minimum absolute atomic E-state index is 0.0124. The Morgan fingerprint density at radius 2 is 1.97 bits per heavy atom. The van der Waals surface area contributed by atoms with Gasteiger partial charge in [-0.25, -0.2) is 4.79 Å². The second-order valence-electron chi connectivity index (χ2n) is 9.35. The van der Waals surface area contributed by atoms with Gasteiger partial charge in [-0.3, -0.25) is 4.90 Å². The van der Waals surface area contributed by atoms with Crippen LogP contribution in [0.3, 0.4) is 0 Å². The van der Waals surface area contributed by atoms with Crippen molar-refractivity contribution in [1.82, 2.24) is 13.9 Å². The van der Waals surface area contributed by atoms with Crippen LogP contribution in [0.1, 0.15) is 61.6 Å². The number of ether oxygens (including phenoxy) is 1. The summed E-state index contributed by atoms with van der Waals surface area (Å²) in [5.74, 6) is 0.415. The first kappa shape index (κ1) is 25.4. The van der Waals surface area contributed by atoms with Crippen LogP contribution >= 0.6 is 0 Å². The first-order chi connectivity index (χ1) is 15.5. The van der Waals surface area contributed by atoms with Crippen molar-refractivity contribution in [3.05, 3.63) is 34.9 Å². The zero-order valence-corrected chi connectivity index (χ0v) is 20.5. The van der Waals surface area contributed by atoms with Crippen LogP contribution in [0.15, 0.2) is 18.2 Å². The van der Waals surface area contributed by atoms with Gasteiger partial charge in [0.2, 0.25) is 0 Å². The number of aryl methyl sites for hydroxylation is 1. The molecule has 0 aromatic heterocycles. The molecule has 3 atom stereocenters. The number of carbonyl (C=O) groups is 1. The van der Waals surface area contributed by atoms with Gasteiger partial charge in [-0.1, -0.05) is 12.1 Å². The number of hydrogen-bond acceptors (Lipinski definition) is 5. The van der Waals surface area contributed by atoms with Crippen LogP contribution in [0.2, 0.25) is 0 Å². The predicted molar refractivity (Wildman–Crippen MR) is 124 cm³/mol. The molecule has 0 radical (unpaired) electrons. The van der Waals surface area contributed by atoms with Gasteiger partial charge < -0.3 is 9.84 Å². The number of nitriles is 1. The Balaban J connectivity index is 1.61. The number of rotatable bonds is 7. The number of nitrogens with one attached hydrogen (secondary N) is 1. The quantitative estimate of drug-likeness (QED) is 0.621. The van der Waals surface area contributed by atoms with Gasteiger partial charge in [0.25, 0.3) is 10.2 Å². The summed E-state index contributed by atoms with van der Waals surface area (Å²) in [6.45, 7) is 3.90. The molecule has 1 aromatic rings. The van der Waals surface area contributed by atoms with Crippen molar-refractivity contribution in [3.8, 4) is 6.07 Å². The lowest BCUT2D eigenvalue weighted by molar-refractivity contribution is -0.00707. The lowest BCUT2D eigenvalue weighted by Crippen LogP contribution is -2.52. The van der Waals surface area contributed by atoms with Crippen LogP contribution in [0.25, 0.3) is 0 Å². The van der Waals surface area contributed by atoms with Crippen molar-refractivity contribution in [2.24, 2.45) is 0 Å². The van der Waals surface area contributed by atoms with E-state index in [9.17, 15) is 18.3 Å². The number of amides is 1. The van der Waals surface area contributed by atoms with E-state index in [0.717, 1.165) is 35.6 Å². The molecular weight excluding hydrogens is 444 g/mol. The second kappa shape index (κ2) is 10.4. The van der Waals surface area contributed by atoms with E-state index in [2.05, 4.69) is 16.9 Å². The summed E-state index contributed by atoms with van der Waals surface area (Å²) >= 11 is 0. The molecule has 182 valence electrons. The smallest absolute Gasteiger partial charge is 0.407 e. The minimum Gasteiger partial charge on any atom is -0.465 e. The number of benzene rings is 1. The van der Waals surface area contributed by atoms with Crippen molar-refractivity contribution in [1.29, 1.82) is 5.26 Å². The van der Waals surface area contributed by atoms with Crippen molar-refractivity contribution in [2.45, 2.75) is 76.1 Å². The van der Waals surface area contributed by atoms with Gasteiger partial charge in [0.1, 0.15) is 0 Å². The highest BCUT2D eigenvalue weighted by Crippen LogP contribution is 2.35. The van der Waals surface area contributed by atoms with Crippen LogP contribution in [0.4, 0.5) is 4.79 Å². The predicted octanol–water partition coefficient (Wildman–Crippen LogP) is 2.81. The zero-order valence-electron chi connectivity index (χ0n) is 19.7. The van der Waals surface area contributed by atoms with Gasteiger partial charge in [0.05, 0.1) is 30.4 Å². The van der Waals surface area contributed by atoms with Crippen LogP contribution in [0, 0.1) is 18.3 Å². The van der Waals surface area contributed by atoms with E-state index in [1.54, 1.807) is 6.92 Å². The molecule has 0 unspecified atom stereocenters. The lowest BCUT2D eigenvalue weighted by Gasteiger charge is -2.33. The molecule has 1 saturated heterocycles. The number of carboxylic acid groups (broad SMARTS) is 1. The molecule has 1 heterocycles. The first-order valence-electron chi connectivity index (χ1n) is 11.4. The summed E-state index contributed by atoms with van der Waals surface area (Å²) < 4.78 is 34.6. The van der Waals surface area contributed by atoms with E-state index < -0.39 is 28.4 Å². The third-order valence-corrected chi connectivity index (χ3v) is 8.47. The molecule has 1 aliphatic heterocycles. The molecule has 3 rings (SSSR count). The average molecular weight is 479 g/mol. The third kappa shape index (κ3) is 5.84. The van der Waals surface area contributed by atoms with E-state index in [1.165, 1.54) is 24.6 Å². The van der Waals surface area contributed by atoms with Crippen LogP contribution in [-0.2, 0) is 14.9 Å². The average Bonchev–Trinajstić information content (AvgIpc) is 3.06. The number of hydrogen-bond donors (Lipinski definition) is 2. The molecule has 9 nitrogen and oxygen atoms in total. The minimum atomic E-state index is -3.69. The highest BCUT2D eigenvalue weighted by molar-refractivity contribution is 7.87. The van der Waals surface area contributed by atoms with E-state index in [4.69, 9.17) is 10.00 Å². The molecule has 2 N–H and O–H groups in total. The number of nitrogens with zero attached hydrogens (tertiary/aromatic N) is 3. The molecule has 1 aliphatic carbocycles. The monoisotopic (exact) mass is 478 g/mol. The largest absolute Gasteiger partial charge is 0.465 e. The van der Waals surface area contributed by atoms with Gasteiger partial charge in [0, 0.05) is 26.2 Å². The van der Waals surface area contributed by atoms with E-state index in [1.807, 2.05) is 19.1 Å². The fraction of sp³-hybridized carbons (Fsp3) is 0.652. The van der Waals surface area contributed by atoms with Crippen LogP contribution in [0.5, 0.6) is 0 Å². The molecule has 1 amide bonds. The fourth-order valence-corrected chi connectivity index (χ4v) is 5.82. The molecular formula is C23H34N4O5S. The number of likely N-dealkylation sites (tertiary alicyclic amines) is 1. The maximum atomic E-state index is 12.3. The molecule has 0 spiro atoms. The third-order valence-electron chi connectivity index (χ3n) is 6.91. The molecule has 0 bridgehead atoms. The molecule has 2 fully saturated rings. The molecule has 1 aromatic carbocycles. The Bertz CT molecular complexity index is 999. The molecule has 33 heavy (non-hydrogen) atoms. The van der Waals surface area contributed by atoms with Gasteiger partial charge in [-0.15, -0.1) is 0 Å². The normalized spacial score (nSPS) is 28.1. The summed E-state index contributed by atoms with van der Waals surface area (Å²) in [5.41, 5.74) is 2.93.